The van der Waals surface area contributed by atoms with Gasteiger partial charge in [0.25, 0.3) is 0 Å². The first-order valence-electron chi connectivity index (χ1n) is 7.71. The summed E-state index contributed by atoms with van der Waals surface area (Å²) in [6, 6.07) is 5.85. The Bertz CT molecular complexity index is 533. The van der Waals surface area contributed by atoms with E-state index < -0.39 is 0 Å². The number of hydrogen-bond acceptors (Lipinski definition) is 4. The molecular weight excluding hydrogens is 301 g/mol. The van der Waals surface area contributed by atoms with Crippen LogP contribution in [-0.2, 0) is 20.7 Å². The topological polar surface area (TPSA) is 70.7 Å². The monoisotopic (exact) mass is 323 g/mol. The number of morpholine rings is 1. The first-order chi connectivity index (χ1) is 11.1. The number of nitrogens with zero attached hydrogens (tertiary/aromatic N) is 1. The highest BCUT2D eigenvalue weighted by Gasteiger charge is 2.11. The van der Waals surface area contributed by atoms with E-state index in [-0.39, 0.29) is 30.6 Å². The van der Waals surface area contributed by atoms with Crippen molar-refractivity contribution in [1.29, 1.82) is 0 Å². The quantitative estimate of drug-likeness (QED) is 0.737. The highest BCUT2D eigenvalue weighted by molar-refractivity contribution is 5.85. The van der Waals surface area contributed by atoms with E-state index in [2.05, 4.69) is 15.5 Å². The third-order valence-corrected chi connectivity index (χ3v) is 3.55. The van der Waals surface area contributed by atoms with Crippen LogP contribution in [-0.4, -0.2) is 62.7 Å². The fraction of sp³-hybridized carbons (Fsp3) is 0.500. The van der Waals surface area contributed by atoms with Gasteiger partial charge >= 0.3 is 0 Å². The van der Waals surface area contributed by atoms with Crippen LogP contribution in [0.15, 0.2) is 24.3 Å². The number of ether oxygens (including phenoxy) is 1. The Morgan fingerprint density at radius 3 is 2.70 bits per heavy atom. The Kier molecular flexibility index (Phi) is 6.96. The lowest BCUT2D eigenvalue weighted by atomic mass is 10.1. The smallest absolute Gasteiger partial charge is 0.239 e. The van der Waals surface area contributed by atoms with Gasteiger partial charge in [-0.05, 0) is 17.7 Å². The summed E-state index contributed by atoms with van der Waals surface area (Å²) in [6.07, 6.45) is 0.0544. The molecule has 0 unspecified atom stereocenters. The third kappa shape index (κ3) is 6.75. The minimum Gasteiger partial charge on any atom is -0.379 e. The van der Waals surface area contributed by atoms with E-state index >= 15 is 0 Å². The summed E-state index contributed by atoms with van der Waals surface area (Å²) in [4.78, 5) is 25.6. The maximum atomic E-state index is 13.0. The molecule has 126 valence electrons. The molecule has 1 fully saturated rings. The molecule has 6 nitrogen and oxygen atoms in total. The van der Waals surface area contributed by atoms with E-state index in [1.54, 1.807) is 12.1 Å². The number of hydrogen-bond donors (Lipinski definition) is 2. The van der Waals surface area contributed by atoms with E-state index in [0.717, 1.165) is 32.8 Å². The molecule has 2 N–H and O–H groups in total. The van der Waals surface area contributed by atoms with Gasteiger partial charge in [0.1, 0.15) is 5.82 Å². The van der Waals surface area contributed by atoms with Crippen LogP contribution in [0.2, 0.25) is 0 Å². The molecule has 0 bridgehead atoms. The number of carbonyl (C=O) groups excluding carboxylic acids is 2. The lowest BCUT2D eigenvalue weighted by Crippen LogP contribution is -2.43. The van der Waals surface area contributed by atoms with Crippen LogP contribution in [0.1, 0.15) is 5.56 Å². The number of halogens is 1. The van der Waals surface area contributed by atoms with Crippen LogP contribution < -0.4 is 10.6 Å². The average Bonchev–Trinajstić information content (AvgIpc) is 2.54. The molecule has 0 atom stereocenters. The van der Waals surface area contributed by atoms with Crippen LogP contribution in [0.25, 0.3) is 0 Å². The molecule has 7 heteroatoms. The highest BCUT2D eigenvalue weighted by atomic mass is 19.1. The number of nitrogens with one attached hydrogen (secondary N) is 2. The van der Waals surface area contributed by atoms with Gasteiger partial charge < -0.3 is 15.4 Å². The Morgan fingerprint density at radius 1 is 1.17 bits per heavy atom. The predicted molar refractivity (Wildman–Crippen MR) is 83.4 cm³/mol. The van der Waals surface area contributed by atoms with Crippen molar-refractivity contribution in [3.05, 3.63) is 35.6 Å². The van der Waals surface area contributed by atoms with Crippen molar-refractivity contribution >= 4 is 11.8 Å². The van der Waals surface area contributed by atoms with Crippen molar-refractivity contribution < 1.29 is 18.7 Å². The molecule has 2 rings (SSSR count). The van der Waals surface area contributed by atoms with E-state index in [0.29, 0.717) is 12.1 Å². The zero-order valence-corrected chi connectivity index (χ0v) is 13.0. The maximum absolute atomic E-state index is 13.0. The van der Waals surface area contributed by atoms with Crippen molar-refractivity contribution in [3.63, 3.8) is 0 Å². The van der Waals surface area contributed by atoms with Crippen LogP contribution >= 0.6 is 0 Å². The van der Waals surface area contributed by atoms with Gasteiger partial charge in [0.2, 0.25) is 11.8 Å². The molecule has 1 aromatic rings. The molecule has 2 amide bonds. The molecule has 0 radical (unpaired) electrons. The first kappa shape index (κ1) is 17.4. The number of amides is 2. The Hall–Kier alpha value is -1.99. The van der Waals surface area contributed by atoms with Crippen LogP contribution in [0, 0.1) is 5.82 Å². The number of carbonyl (C=O) groups is 2. The van der Waals surface area contributed by atoms with Gasteiger partial charge in [-0.15, -0.1) is 0 Å². The zero-order chi connectivity index (χ0) is 16.5. The Balaban J connectivity index is 1.59. The van der Waals surface area contributed by atoms with Crippen molar-refractivity contribution in [1.82, 2.24) is 15.5 Å². The van der Waals surface area contributed by atoms with Gasteiger partial charge in [-0.25, -0.2) is 4.39 Å². The molecule has 0 spiro atoms. The van der Waals surface area contributed by atoms with Gasteiger partial charge in [-0.2, -0.15) is 0 Å². The van der Waals surface area contributed by atoms with E-state index in [9.17, 15) is 14.0 Å². The molecule has 1 saturated heterocycles. The molecule has 1 heterocycles. The molecule has 23 heavy (non-hydrogen) atoms. The van der Waals surface area contributed by atoms with Crippen LogP contribution in [0.5, 0.6) is 0 Å². The van der Waals surface area contributed by atoms with E-state index in [4.69, 9.17) is 4.74 Å². The lowest BCUT2D eigenvalue weighted by Gasteiger charge is -2.26. The average molecular weight is 323 g/mol. The molecule has 1 aliphatic rings. The van der Waals surface area contributed by atoms with Gasteiger partial charge in [-0.3, -0.25) is 14.5 Å². The fourth-order valence-electron chi connectivity index (χ4n) is 2.31. The van der Waals surface area contributed by atoms with E-state index in [1.807, 2.05) is 0 Å². The van der Waals surface area contributed by atoms with Gasteiger partial charge in [0, 0.05) is 26.2 Å². The SMILES string of the molecule is O=C(CNC(=O)Cc1cccc(F)c1)NCCN1CCOCC1. The molecule has 0 aliphatic carbocycles. The van der Waals surface area contributed by atoms with Crippen molar-refractivity contribution in [3.8, 4) is 0 Å². The summed E-state index contributed by atoms with van der Waals surface area (Å²) in [5, 5.41) is 5.29. The zero-order valence-electron chi connectivity index (χ0n) is 13.0. The maximum Gasteiger partial charge on any atom is 0.239 e. The van der Waals surface area contributed by atoms with Crippen molar-refractivity contribution in [2.24, 2.45) is 0 Å². The van der Waals surface area contributed by atoms with Crippen molar-refractivity contribution in [2.75, 3.05) is 45.9 Å². The van der Waals surface area contributed by atoms with Crippen LogP contribution in [0.3, 0.4) is 0 Å². The number of benzene rings is 1. The van der Waals surface area contributed by atoms with Gasteiger partial charge in [-0.1, -0.05) is 12.1 Å². The Morgan fingerprint density at radius 2 is 1.96 bits per heavy atom. The summed E-state index contributed by atoms with van der Waals surface area (Å²) < 4.78 is 18.3. The Labute approximate surface area is 135 Å². The summed E-state index contributed by atoms with van der Waals surface area (Å²) in [5.74, 6) is -0.916. The second kappa shape index (κ2) is 9.22. The molecule has 1 aromatic carbocycles. The van der Waals surface area contributed by atoms with Gasteiger partial charge in [0.05, 0.1) is 26.2 Å². The normalized spacial score (nSPS) is 15.2. The highest BCUT2D eigenvalue weighted by Crippen LogP contribution is 2.03. The summed E-state index contributed by atoms with van der Waals surface area (Å²) in [5.41, 5.74) is 0.579. The predicted octanol–water partition coefficient (Wildman–Crippen LogP) is -0.0672. The first-order valence-corrected chi connectivity index (χ1v) is 7.71. The summed E-state index contributed by atoms with van der Waals surface area (Å²) >= 11 is 0. The molecule has 1 aliphatic heterocycles. The molecular formula is C16H22FN3O3. The lowest BCUT2D eigenvalue weighted by molar-refractivity contribution is -0.125. The second-order valence-corrected chi connectivity index (χ2v) is 5.39. The second-order valence-electron chi connectivity index (χ2n) is 5.39. The fourth-order valence-corrected chi connectivity index (χ4v) is 2.31. The largest absolute Gasteiger partial charge is 0.379 e. The summed E-state index contributed by atoms with van der Waals surface area (Å²) in [6.45, 7) is 4.44. The summed E-state index contributed by atoms with van der Waals surface area (Å²) in [7, 11) is 0. The molecule has 0 aromatic heterocycles. The minimum atomic E-state index is -0.379. The number of rotatable bonds is 7. The van der Waals surface area contributed by atoms with E-state index in [1.165, 1.54) is 12.1 Å². The third-order valence-electron chi connectivity index (χ3n) is 3.55. The minimum absolute atomic E-state index is 0.0544. The van der Waals surface area contributed by atoms with Crippen LogP contribution in [0.4, 0.5) is 4.39 Å². The van der Waals surface area contributed by atoms with Gasteiger partial charge in [0.15, 0.2) is 0 Å². The van der Waals surface area contributed by atoms with Crippen molar-refractivity contribution in [2.45, 2.75) is 6.42 Å². The standard InChI is InChI=1S/C16H22FN3O3/c17-14-3-1-2-13(10-14)11-15(21)19-12-16(22)18-4-5-20-6-8-23-9-7-20/h1-3,10H,4-9,11-12H2,(H,18,22)(H,19,21). The molecule has 0 saturated carbocycles.